The van der Waals surface area contributed by atoms with Crippen molar-refractivity contribution in [1.29, 1.82) is 0 Å². The van der Waals surface area contributed by atoms with Crippen LogP contribution in [0.25, 0.3) is 0 Å². The van der Waals surface area contributed by atoms with Crippen LogP contribution >= 0.6 is 22.6 Å². The van der Waals surface area contributed by atoms with E-state index in [0.29, 0.717) is 0 Å². The zero-order chi connectivity index (χ0) is 12.6. The largest absolute Gasteiger partial charge is 0.573 e. The maximum absolute atomic E-state index is 11.8. The Labute approximate surface area is 103 Å². The second kappa shape index (κ2) is 4.37. The van der Waals surface area contributed by atoms with E-state index in [1.807, 2.05) is 0 Å². The molecule has 4 nitrogen and oxygen atoms in total. The minimum Gasteiger partial charge on any atom is -0.406 e. The van der Waals surface area contributed by atoms with Crippen LogP contribution in [0, 0.1) is 3.57 Å². The zero-order valence-electron chi connectivity index (χ0n) is 7.45. The SMILES string of the molecule is NS(=O)(=O)c1ccc(OC(F)(F)F)cc1I. The van der Waals surface area contributed by atoms with Crippen molar-refractivity contribution in [3.8, 4) is 5.75 Å². The third kappa shape index (κ3) is 3.79. The molecule has 0 aliphatic heterocycles. The van der Waals surface area contributed by atoms with Crippen molar-refractivity contribution in [2.24, 2.45) is 5.14 Å². The topological polar surface area (TPSA) is 69.4 Å². The van der Waals surface area contributed by atoms with Crippen LogP contribution in [-0.4, -0.2) is 14.8 Å². The van der Waals surface area contributed by atoms with E-state index in [1.54, 1.807) is 22.6 Å². The van der Waals surface area contributed by atoms with Crippen molar-refractivity contribution in [2.75, 3.05) is 0 Å². The molecule has 0 aromatic heterocycles. The number of rotatable bonds is 2. The van der Waals surface area contributed by atoms with Gasteiger partial charge in [0.05, 0.1) is 4.90 Å². The molecule has 1 aromatic carbocycles. The number of alkyl halides is 3. The Morgan fingerprint density at radius 2 is 1.88 bits per heavy atom. The number of sulfonamides is 1. The summed E-state index contributed by atoms with van der Waals surface area (Å²) in [4.78, 5) is -0.248. The number of hydrogen-bond acceptors (Lipinski definition) is 3. The van der Waals surface area contributed by atoms with Gasteiger partial charge in [-0.15, -0.1) is 13.2 Å². The first-order valence-electron chi connectivity index (χ1n) is 3.68. The van der Waals surface area contributed by atoms with Gasteiger partial charge in [0.15, 0.2) is 0 Å². The number of halogens is 4. The van der Waals surface area contributed by atoms with E-state index in [1.165, 1.54) is 0 Å². The number of primary sulfonamides is 1. The van der Waals surface area contributed by atoms with Gasteiger partial charge in [-0.1, -0.05) is 0 Å². The molecule has 0 amide bonds. The minimum absolute atomic E-state index is 0.0573. The van der Waals surface area contributed by atoms with Gasteiger partial charge in [-0.3, -0.25) is 0 Å². The van der Waals surface area contributed by atoms with E-state index in [4.69, 9.17) is 5.14 Å². The van der Waals surface area contributed by atoms with Gasteiger partial charge < -0.3 is 4.74 Å². The fraction of sp³-hybridized carbons (Fsp3) is 0.143. The Morgan fingerprint density at radius 1 is 1.31 bits per heavy atom. The number of nitrogens with two attached hydrogens (primary N) is 1. The van der Waals surface area contributed by atoms with E-state index in [0.717, 1.165) is 18.2 Å². The van der Waals surface area contributed by atoms with Crippen molar-refractivity contribution in [3.05, 3.63) is 21.8 Å². The highest BCUT2D eigenvalue weighted by molar-refractivity contribution is 14.1. The van der Waals surface area contributed by atoms with Gasteiger partial charge in [0.25, 0.3) is 0 Å². The summed E-state index contributed by atoms with van der Waals surface area (Å²) in [6.07, 6.45) is -4.81. The number of hydrogen-bond donors (Lipinski definition) is 1. The highest BCUT2D eigenvalue weighted by atomic mass is 127. The molecule has 1 rings (SSSR count). The van der Waals surface area contributed by atoms with Gasteiger partial charge in [-0.25, -0.2) is 13.6 Å². The van der Waals surface area contributed by atoms with Crippen molar-refractivity contribution in [2.45, 2.75) is 11.3 Å². The molecule has 0 heterocycles. The van der Waals surface area contributed by atoms with Crippen LogP contribution in [0.2, 0.25) is 0 Å². The quantitative estimate of drug-likeness (QED) is 0.812. The van der Waals surface area contributed by atoms with Crippen LogP contribution in [0.15, 0.2) is 23.1 Å². The molecule has 0 bridgehead atoms. The van der Waals surface area contributed by atoms with E-state index < -0.39 is 22.1 Å². The highest BCUT2D eigenvalue weighted by Gasteiger charge is 2.31. The van der Waals surface area contributed by atoms with E-state index in [-0.39, 0.29) is 8.47 Å². The van der Waals surface area contributed by atoms with E-state index in [9.17, 15) is 21.6 Å². The molecular weight excluding hydrogens is 362 g/mol. The third-order valence-electron chi connectivity index (χ3n) is 1.44. The number of ether oxygens (including phenoxy) is 1. The van der Waals surface area contributed by atoms with Gasteiger partial charge in [-0.2, -0.15) is 0 Å². The molecule has 16 heavy (non-hydrogen) atoms. The molecule has 0 unspecified atom stereocenters. The van der Waals surface area contributed by atoms with Gasteiger partial charge in [-0.05, 0) is 40.8 Å². The maximum Gasteiger partial charge on any atom is 0.573 e. The van der Waals surface area contributed by atoms with Crippen molar-refractivity contribution >= 4 is 32.6 Å². The van der Waals surface area contributed by atoms with Crippen LogP contribution in [0.1, 0.15) is 0 Å². The Morgan fingerprint density at radius 3 is 2.25 bits per heavy atom. The van der Waals surface area contributed by atoms with Crippen LogP contribution in [-0.2, 0) is 10.0 Å². The summed E-state index contributed by atoms with van der Waals surface area (Å²) < 4.78 is 61.1. The predicted octanol–water partition coefficient (Wildman–Crippen LogP) is 1.84. The van der Waals surface area contributed by atoms with Crippen molar-refractivity contribution in [1.82, 2.24) is 0 Å². The molecule has 0 saturated heterocycles. The average molecular weight is 367 g/mol. The summed E-state index contributed by atoms with van der Waals surface area (Å²) in [5.41, 5.74) is 0. The maximum atomic E-state index is 11.8. The Bertz CT molecular complexity index is 500. The summed E-state index contributed by atoms with van der Waals surface area (Å²) in [7, 11) is -3.94. The molecule has 2 N–H and O–H groups in total. The first-order chi connectivity index (χ1) is 7.09. The standard InChI is InChI=1S/C7H5F3INO3S/c8-7(9,10)15-4-1-2-6(5(11)3-4)16(12,13)14/h1-3H,(H2,12,13,14). The molecule has 9 heteroatoms. The lowest BCUT2D eigenvalue weighted by Gasteiger charge is -2.10. The van der Waals surface area contributed by atoms with E-state index in [2.05, 4.69) is 4.74 Å². The molecule has 0 fully saturated rings. The van der Waals surface area contributed by atoms with E-state index >= 15 is 0 Å². The first-order valence-corrected chi connectivity index (χ1v) is 6.30. The molecule has 0 atom stereocenters. The summed E-state index contributed by atoms with van der Waals surface area (Å²) in [6.45, 7) is 0. The van der Waals surface area contributed by atoms with Crippen molar-refractivity contribution < 1.29 is 26.3 Å². The highest BCUT2D eigenvalue weighted by Crippen LogP contribution is 2.27. The van der Waals surface area contributed by atoms with Crippen molar-refractivity contribution in [3.63, 3.8) is 0 Å². The van der Waals surface area contributed by atoms with Crippen LogP contribution in [0.5, 0.6) is 5.75 Å². The number of benzene rings is 1. The van der Waals surface area contributed by atoms with Gasteiger partial charge in [0.2, 0.25) is 10.0 Å². The molecule has 0 aliphatic rings. The molecule has 1 aromatic rings. The van der Waals surface area contributed by atoms with Crippen LogP contribution in [0.3, 0.4) is 0 Å². The first kappa shape index (κ1) is 13.5. The molecular formula is C7H5F3INO3S. The molecule has 0 aliphatic carbocycles. The van der Waals surface area contributed by atoms with Crippen LogP contribution < -0.4 is 9.88 Å². The summed E-state index contributed by atoms with van der Waals surface area (Å²) in [6, 6.07) is 2.78. The lowest BCUT2D eigenvalue weighted by Crippen LogP contribution is -2.18. The fourth-order valence-corrected chi connectivity index (χ4v) is 2.91. The average Bonchev–Trinajstić information content (AvgIpc) is 1.97. The second-order valence-electron chi connectivity index (χ2n) is 2.69. The Kier molecular flexibility index (Phi) is 3.69. The van der Waals surface area contributed by atoms with Crippen LogP contribution in [0.4, 0.5) is 13.2 Å². The molecule has 0 radical (unpaired) electrons. The Hall–Kier alpha value is -0.550. The Balaban J connectivity index is 3.10. The third-order valence-corrected chi connectivity index (χ3v) is 3.67. The molecule has 0 saturated carbocycles. The minimum atomic E-state index is -4.81. The predicted molar refractivity (Wildman–Crippen MR) is 57.2 cm³/mol. The lowest BCUT2D eigenvalue weighted by atomic mass is 10.3. The second-order valence-corrected chi connectivity index (χ2v) is 5.38. The van der Waals surface area contributed by atoms with Gasteiger partial charge in [0.1, 0.15) is 5.75 Å². The summed E-state index contributed by atoms with van der Waals surface area (Å²) in [5, 5.41) is 4.84. The van der Waals surface area contributed by atoms with Gasteiger partial charge in [0, 0.05) is 3.57 Å². The summed E-state index contributed by atoms with van der Waals surface area (Å²) >= 11 is 1.56. The molecule has 0 spiro atoms. The normalized spacial score (nSPS) is 12.6. The summed E-state index contributed by atoms with van der Waals surface area (Å²) in [5.74, 6) is -0.496. The smallest absolute Gasteiger partial charge is 0.406 e. The fourth-order valence-electron chi connectivity index (χ4n) is 0.909. The zero-order valence-corrected chi connectivity index (χ0v) is 10.4. The monoisotopic (exact) mass is 367 g/mol. The van der Waals surface area contributed by atoms with Gasteiger partial charge >= 0.3 is 6.36 Å². The molecule has 90 valence electrons. The lowest BCUT2D eigenvalue weighted by molar-refractivity contribution is -0.274.